The molecule has 1 atom stereocenters. The molecule has 6 nitrogen and oxygen atoms in total. The molecule has 0 saturated carbocycles. The van der Waals surface area contributed by atoms with Gasteiger partial charge in [-0.05, 0) is 48.9 Å². The molecule has 1 N–H and O–H groups in total. The second-order valence-corrected chi connectivity index (χ2v) is 7.77. The Labute approximate surface area is 182 Å². The molecule has 2 aromatic carbocycles. The number of aromatic nitrogens is 2. The monoisotopic (exact) mass is 440 g/mol. The summed E-state index contributed by atoms with van der Waals surface area (Å²) in [7, 11) is 0. The largest absolute Gasteiger partial charge is 0.494 e. The minimum absolute atomic E-state index is 0.0207. The van der Waals surface area contributed by atoms with Crippen LogP contribution in [0.2, 0.25) is 0 Å². The zero-order chi connectivity index (χ0) is 21.8. The summed E-state index contributed by atoms with van der Waals surface area (Å²) in [5, 5.41) is 12.7. The molecule has 1 unspecified atom stereocenters. The smallest absolute Gasteiger partial charge is 0.262 e. The average molecular weight is 440 g/mol. The van der Waals surface area contributed by atoms with Crippen LogP contribution in [-0.2, 0) is 6.54 Å². The summed E-state index contributed by atoms with van der Waals surface area (Å²) in [6.45, 7) is 2.55. The molecule has 31 heavy (non-hydrogen) atoms. The Morgan fingerprint density at radius 1 is 1.10 bits per heavy atom. The first-order valence-electron chi connectivity index (χ1n) is 9.81. The second-order valence-electron chi connectivity index (χ2n) is 6.91. The number of aliphatic hydroxyl groups is 1. The highest BCUT2D eigenvalue weighted by molar-refractivity contribution is 7.17. The molecule has 2 heterocycles. The lowest BCUT2D eigenvalue weighted by Crippen LogP contribution is -2.30. The quantitative estimate of drug-likeness (QED) is 0.447. The molecule has 0 amide bonds. The van der Waals surface area contributed by atoms with Crippen LogP contribution >= 0.6 is 11.3 Å². The van der Waals surface area contributed by atoms with Gasteiger partial charge in [-0.25, -0.2) is 9.37 Å². The molecule has 4 rings (SSSR count). The number of nitrogens with zero attached hydrogens (tertiary/aromatic N) is 2. The van der Waals surface area contributed by atoms with Crippen LogP contribution in [0.1, 0.15) is 6.92 Å². The maximum absolute atomic E-state index is 13.3. The molecule has 0 aliphatic carbocycles. The Balaban J connectivity index is 1.49. The second kappa shape index (κ2) is 9.28. The van der Waals surface area contributed by atoms with Crippen molar-refractivity contribution in [3.8, 4) is 22.6 Å². The van der Waals surface area contributed by atoms with Crippen LogP contribution in [0.15, 0.2) is 65.0 Å². The first-order chi connectivity index (χ1) is 15.0. The van der Waals surface area contributed by atoms with Crippen LogP contribution in [0.25, 0.3) is 21.3 Å². The highest BCUT2D eigenvalue weighted by Gasteiger charge is 2.15. The van der Waals surface area contributed by atoms with E-state index in [0.717, 1.165) is 11.3 Å². The molecule has 0 spiro atoms. The van der Waals surface area contributed by atoms with E-state index in [-0.39, 0.29) is 24.5 Å². The van der Waals surface area contributed by atoms with Crippen LogP contribution < -0.4 is 15.0 Å². The van der Waals surface area contributed by atoms with Gasteiger partial charge in [0.25, 0.3) is 5.56 Å². The molecule has 0 aliphatic heterocycles. The topological polar surface area (TPSA) is 73.6 Å². The molecule has 0 fully saturated rings. The van der Waals surface area contributed by atoms with E-state index in [0.29, 0.717) is 28.1 Å². The van der Waals surface area contributed by atoms with Crippen molar-refractivity contribution in [2.75, 3.05) is 13.2 Å². The zero-order valence-electron chi connectivity index (χ0n) is 16.8. The lowest BCUT2D eigenvalue weighted by atomic mass is 10.1. The minimum atomic E-state index is -0.906. The van der Waals surface area contributed by atoms with Gasteiger partial charge in [0.05, 0.1) is 24.9 Å². The standard InChI is InChI=1S/C23H21FN2O4S/c1-2-29-18-7-9-19(10-8-18)30-12-17(27)11-26-14-25-22-21(23(26)28)20(13-31-22)15-3-5-16(24)6-4-15/h3-10,13-14,17,27H,2,11-12H2,1H3. The fourth-order valence-corrected chi connectivity index (χ4v) is 4.12. The highest BCUT2D eigenvalue weighted by atomic mass is 32.1. The fraction of sp³-hybridized carbons (Fsp3) is 0.217. The lowest BCUT2D eigenvalue weighted by Gasteiger charge is -2.14. The number of halogens is 1. The zero-order valence-corrected chi connectivity index (χ0v) is 17.6. The van der Waals surface area contributed by atoms with Crippen molar-refractivity contribution in [3.05, 3.63) is 76.4 Å². The molecule has 160 valence electrons. The molecule has 4 aromatic rings. The predicted octanol–water partition coefficient (Wildman–Crippen LogP) is 4.10. The summed E-state index contributed by atoms with van der Waals surface area (Å²) >= 11 is 1.35. The number of hydrogen-bond donors (Lipinski definition) is 1. The Hall–Kier alpha value is -3.23. The van der Waals surface area contributed by atoms with Crippen molar-refractivity contribution in [3.63, 3.8) is 0 Å². The molecule has 0 saturated heterocycles. The van der Waals surface area contributed by atoms with E-state index in [1.165, 1.54) is 34.4 Å². The summed E-state index contributed by atoms with van der Waals surface area (Å²) in [4.78, 5) is 18.0. The van der Waals surface area contributed by atoms with Crippen molar-refractivity contribution in [1.82, 2.24) is 9.55 Å². The van der Waals surface area contributed by atoms with Gasteiger partial charge < -0.3 is 14.6 Å². The molecule has 2 aromatic heterocycles. The van der Waals surface area contributed by atoms with Crippen LogP contribution in [0.3, 0.4) is 0 Å². The van der Waals surface area contributed by atoms with E-state index in [4.69, 9.17) is 9.47 Å². The third kappa shape index (κ3) is 4.76. The number of aliphatic hydroxyl groups excluding tert-OH is 1. The molecule has 0 radical (unpaired) electrons. The first-order valence-corrected chi connectivity index (χ1v) is 10.7. The van der Waals surface area contributed by atoms with Gasteiger partial charge in [-0.3, -0.25) is 9.36 Å². The predicted molar refractivity (Wildman–Crippen MR) is 118 cm³/mol. The summed E-state index contributed by atoms with van der Waals surface area (Å²) < 4.78 is 25.6. The molecule has 8 heteroatoms. The van der Waals surface area contributed by atoms with Gasteiger partial charge in [0.2, 0.25) is 0 Å². The average Bonchev–Trinajstić information content (AvgIpc) is 3.21. The van der Waals surface area contributed by atoms with Crippen LogP contribution in [0.5, 0.6) is 11.5 Å². The van der Waals surface area contributed by atoms with Gasteiger partial charge in [0.15, 0.2) is 0 Å². The van der Waals surface area contributed by atoms with E-state index in [2.05, 4.69) is 4.98 Å². The van der Waals surface area contributed by atoms with E-state index in [1.807, 2.05) is 12.3 Å². The fourth-order valence-electron chi connectivity index (χ4n) is 3.21. The van der Waals surface area contributed by atoms with Crippen LogP contribution in [0, 0.1) is 5.82 Å². The van der Waals surface area contributed by atoms with Gasteiger partial charge >= 0.3 is 0 Å². The van der Waals surface area contributed by atoms with Gasteiger partial charge in [0, 0.05) is 10.9 Å². The lowest BCUT2D eigenvalue weighted by molar-refractivity contribution is 0.0914. The van der Waals surface area contributed by atoms with Gasteiger partial charge in [-0.15, -0.1) is 11.3 Å². The number of fused-ring (bicyclic) bond motifs is 1. The third-order valence-electron chi connectivity index (χ3n) is 4.70. The first kappa shape index (κ1) is 21.0. The number of benzene rings is 2. The summed E-state index contributed by atoms with van der Waals surface area (Å²) in [5.41, 5.74) is 1.18. The van der Waals surface area contributed by atoms with E-state index < -0.39 is 6.10 Å². The minimum Gasteiger partial charge on any atom is -0.494 e. The van der Waals surface area contributed by atoms with Gasteiger partial charge in [-0.1, -0.05) is 12.1 Å². The molecule has 0 aliphatic rings. The Kier molecular flexibility index (Phi) is 6.29. The van der Waals surface area contributed by atoms with Gasteiger partial charge in [0.1, 0.15) is 34.9 Å². The van der Waals surface area contributed by atoms with Crippen LogP contribution in [-0.4, -0.2) is 34.0 Å². The van der Waals surface area contributed by atoms with E-state index >= 15 is 0 Å². The molecular formula is C23H21FN2O4S. The SMILES string of the molecule is CCOc1ccc(OCC(O)Cn2cnc3scc(-c4ccc(F)cc4)c3c2=O)cc1. The summed E-state index contributed by atoms with van der Waals surface area (Å²) in [6, 6.07) is 13.1. The third-order valence-corrected chi connectivity index (χ3v) is 5.59. The molecular weight excluding hydrogens is 419 g/mol. The van der Waals surface area contributed by atoms with E-state index in [9.17, 15) is 14.3 Å². The van der Waals surface area contributed by atoms with Crippen molar-refractivity contribution < 1.29 is 19.0 Å². The van der Waals surface area contributed by atoms with E-state index in [1.54, 1.807) is 36.4 Å². The Bertz CT molecular complexity index is 1220. The number of thiophene rings is 1. The Morgan fingerprint density at radius 2 is 1.77 bits per heavy atom. The van der Waals surface area contributed by atoms with Gasteiger partial charge in [-0.2, -0.15) is 0 Å². The highest BCUT2D eigenvalue weighted by Crippen LogP contribution is 2.30. The normalized spacial score (nSPS) is 12.1. The number of ether oxygens (including phenoxy) is 2. The van der Waals surface area contributed by atoms with Crippen molar-refractivity contribution in [2.45, 2.75) is 19.6 Å². The van der Waals surface area contributed by atoms with Crippen molar-refractivity contribution in [1.29, 1.82) is 0 Å². The number of rotatable bonds is 8. The van der Waals surface area contributed by atoms with Crippen molar-refractivity contribution in [2.24, 2.45) is 0 Å². The van der Waals surface area contributed by atoms with Crippen LogP contribution in [0.4, 0.5) is 4.39 Å². The maximum Gasteiger partial charge on any atom is 0.262 e. The molecule has 0 bridgehead atoms. The Morgan fingerprint density at radius 3 is 2.45 bits per heavy atom. The summed E-state index contributed by atoms with van der Waals surface area (Å²) in [5.74, 6) is 1.00. The summed E-state index contributed by atoms with van der Waals surface area (Å²) in [6.07, 6.45) is 0.520. The maximum atomic E-state index is 13.3. The number of hydrogen-bond acceptors (Lipinski definition) is 6. The van der Waals surface area contributed by atoms with Crippen molar-refractivity contribution >= 4 is 21.6 Å².